The molecule has 0 fully saturated rings. The van der Waals surface area contributed by atoms with E-state index in [1.54, 1.807) is 13.3 Å². The molecule has 0 aliphatic rings. The average molecular weight is 261 g/mol. The number of methoxy groups -OCH3 is 1. The van der Waals surface area contributed by atoms with Crippen LogP contribution in [0.3, 0.4) is 0 Å². The molecule has 2 rings (SSSR count). The third-order valence-electron chi connectivity index (χ3n) is 2.92. The molecule has 0 saturated heterocycles. The monoisotopic (exact) mass is 261 g/mol. The first kappa shape index (κ1) is 13.5. The van der Waals surface area contributed by atoms with E-state index in [1.807, 2.05) is 22.9 Å². The largest absolute Gasteiger partial charge is 0.480 e. The van der Waals surface area contributed by atoms with Gasteiger partial charge in [-0.1, -0.05) is 6.92 Å². The lowest BCUT2D eigenvalue weighted by molar-refractivity contribution is 0.389. The molecule has 1 unspecified atom stereocenters. The first-order valence-electron chi connectivity index (χ1n) is 6.42. The van der Waals surface area contributed by atoms with E-state index in [-0.39, 0.29) is 6.04 Å². The molecule has 102 valence electrons. The van der Waals surface area contributed by atoms with Crippen LogP contribution in [0, 0.1) is 0 Å². The van der Waals surface area contributed by atoms with E-state index in [4.69, 9.17) is 4.74 Å². The number of rotatable bonds is 6. The van der Waals surface area contributed by atoms with Crippen LogP contribution in [0.4, 0.5) is 0 Å². The maximum absolute atomic E-state index is 5.03. The Labute approximate surface area is 112 Å². The van der Waals surface area contributed by atoms with Crippen molar-refractivity contribution in [2.24, 2.45) is 0 Å². The molecule has 19 heavy (non-hydrogen) atoms. The van der Waals surface area contributed by atoms with Crippen LogP contribution in [-0.4, -0.2) is 33.6 Å². The zero-order valence-electron chi connectivity index (χ0n) is 11.5. The first-order chi connectivity index (χ1) is 9.30. The normalized spacial score (nSPS) is 12.4. The van der Waals surface area contributed by atoms with Gasteiger partial charge in [-0.3, -0.25) is 4.68 Å². The van der Waals surface area contributed by atoms with Crippen molar-refractivity contribution in [3.63, 3.8) is 0 Å². The smallest absolute Gasteiger partial charge is 0.233 e. The molecule has 2 aromatic heterocycles. The van der Waals surface area contributed by atoms with Gasteiger partial charge in [0.25, 0.3) is 0 Å². The fourth-order valence-electron chi connectivity index (χ4n) is 2.01. The van der Waals surface area contributed by atoms with Crippen molar-refractivity contribution in [2.45, 2.75) is 26.4 Å². The van der Waals surface area contributed by atoms with Crippen molar-refractivity contribution in [3.05, 3.63) is 35.8 Å². The molecule has 6 nitrogen and oxygen atoms in total. The molecule has 2 heterocycles. The van der Waals surface area contributed by atoms with Crippen LogP contribution in [0.5, 0.6) is 5.88 Å². The van der Waals surface area contributed by atoms with Crippen molar-refractivity contribution < 1.29 is 4.74 Å². The van der Waals surface area contributed by atoms with E-state index in [0.717, 1.165) is 24.5 Å². The number of aryl methyl sites for hydroxylation is 1. The second-order valence-corrected chi connectivity index (χ2v) is 4.06. The van der Waals surface area contributed by atoms with Gasteiger partial charge in [-0.05, 0) is 25.6 Å². The van der Waals surface area contributed by atoms with Gasteiger partial charge >= 0.3 is 0 Å². The molecule has 2 aromatic rings. The molecule has 0 saturated carbocycles. The molecule has 0 spiro atoms. The Bertz CT molecular complexity index is 508. The van der Waals surface area contributed by atoms with Gasteiger partial charge in [-0.15, -0.1) is 10.2 Å². The Morgan fingerprint density at radius 1 is 1.26 bits per heavy atom. The lowest BCUT2D eigenvalue weighted by atomic mass is 10.1. The van der Waals surface area contributed by atoms with E-state index in [0.29, 0.717) is 5.88 Å². The molecule has 0 aromatic carbocycles. The Hall–Kier alpha value is -1.95. The van der Waals surface area contributed by atoms with Crippen LogP contribution in [0.2, 0.25) is 0 Å². The summed E-state index contributed by atoms with van der Waals surface area (Å²) in [6.45, 7) is 5.80. The Morgan fingerprint density at radius 2 is 2.11 bits per heavy atom. The van der Waals surface area contributed by atoms with Crippen LogP contribution < -0.4 is 10.1 Å². The summed E-state index contributed by atoms with van der Waals surface area (Å²) in [5, 5.41) is 16.0. The van der Waals surface area contributed by atoms with Gasteiger partial charge < -0.3 is 10.1 Å². The van der Waals surface area contributed by atoms with E-state index in [1.165, 1.54) is 0 Å². The van der Waals surface area contributed by atoms with Gasteiger partial charge in [0.2, 0.25) is 5.88 Å². The number of aromatic nitrogens is 4. The molecule has 0 aliphatic heterocycles. The number of hydrogen-bond acceptors (Lipinski definition) is 5. The molecule has 6 heteroatoms. The minimum absolute atomic E-state index is 0.00847. The third-order valence-corrected chi connectivity index (χ3v) is 2.92. The fourth-order valence-corrected chi connectivity index (χ4v) is 2.01. The summed E-state index contributed by atoms with van der Waals surface area (Å²) >= 11 is 0. The van der Waals surface area contributed by atoms with Gasteiger partial charge in [0.15, 0.2) is 0 Å². The van der Waals surface area contributed by atoms with Crippen LogP contribution in [0.15, 0.2) is 24.4 Å². The SMILES string of the molecule is CCNC(c1ccc(OC)nn1)c1ccnn1CC. The van der Waals surface area contributed by atoms with E-state index in [9.17, 15) is 0 Å². The van der Waals surface area contributed by atoms with Gasteiger partial charge in [0.05, 0.1) is 24.5 Å². The minimum Gasteiger partial charge on any atom is -0.480 e. The van der Waals surface area contributed by atoms with E-state index < -0.39 is 0 Å². The summed E-state index contributed by atoms with van der Waals surface area (Å²) in [6.07, 6.45) is 1.81. The van der Waals surface area contributed by atoms with Crippen molar-refractivity contribution in [2.75, 3.05) is 13.7 Å². The maximum atomic E-state index is 5.03. The van der Waals surface area contributed by atoms with Crippen LogP contribution in [0.25, 0.3) is 0 Å². The fraction of sp³-hybridized carbons (Fsp3) is 0.462. The Kier molecular flexibility index (Phi) is 4.46. The molecular formula is C13H19N5O. The van der Waals surface area contributed by atoms with Crippen molar-refractivity contribution >= 4 is 0 Å². The minimum atomic E-state index is -0.00847. The Morgan fingerprint density at radius 3 is 2.68 bits per heavy atom. The van der Waals surface area contributed by atoms with Crippen LogP contribution >= 0.6 is 0 Å². The van der Waals surface area contributed by atoms with Gasteiger partial charge in [-0.25, -0.2) is 0 Å². The number of ether oxygens (including phenoxy) is 1. The highest BCUT2D eigenvalue weighted by Gasteiger charge is 2.18. The lowest BCUT2D eigenvalue weighted by Crippen LogP contribution is -2.25. The van der Waals surface area contributed by atoms with E-state index in [2.05, 4.69) is 34.5 Å². The predicted octanol–water partition coefficient (Wildman–Crippen LogP) is 1.40. The molecule has 1 atom stereocenters. The highest BCUT2D eigenvalue weighted by Crippen LogP contribution is 2.20. The van der Waals surface area contributed by atoms with Crippen LogP contribution in [-0.2, 0) is 6.54 Å². The predicted molar refractivity (Wildman–Crippen MR) is 72.0 cm³/mol. The number of hydrogen-bond donors (Lipinski definition) is 1. The number of nitrogens with one attached hydrogen (secondary N) is 1. The zero-order chi connectivity index (χ0) is 13.7. The topological polar surface area (TPSA) is 64.9 Å². The maximum Gasteiger partial charge on any atom is 0.233 e. The van der Waals surface area contributed by atoms with Crippen molar-refractivity contribution in [3.8, 4) is 5.88 Å². The van der Waals surface area contributed by atoms with E-state index >= 15 is 0 Å². The highest BCUT2D eigenvalue weighted by atomic mass is 16.5. The van der Waals surface area contributed by atoms with Gasteiger partial charge in [0, 0.05) is 18.8 Å². The summed E-state index contributed by atoms with van der Waals surface area (Å²) in [5.74, 6) is 0.517. The summed E-state index contributed by atoms with van der Waals surface area (Å²) in [6, 6.07) is 5.74. The lowest BCUT2D eigenvalue weighted by Gasteiger charge is -2.18. The zero-order valence-corrected chi connectivity index (χ0v) is 11.5. The summed E-state index contributed by atoms with van der Waals surface area (Å²) < 4.78 is 6.99. The molecule has 1 N–H and O–H groups in total. The van der Waals surface area contributed by atoms with Crippen molar-refractivity contribution in [1.29, 1.82) is 0 Å². The second kappa shape index (κ2) is 6.29. The quantitative estimate of drug-likeness (QED) is 0.851. The number of nitrogens with zero attached hydrogens (tertiary/aromatic N) is 4. The first-order valence-corrected chi connectivity index (χ1v) is 6.42. The second-order valence-electron chi connectivity index (χ2n) is 4.06. The third kappa shape index (κ3) is 2.90. The Balaban J connectivity index is 2.33. The van der Waals surface area contributed by atoms with Gasteiger partial charge in [-0.2, -0.15) is 5.10 Å². The molecule has 0 aliphatic carbocycles. The summed E-state index contributed by atoms with van der Waals surface area (Å²) in [7, 11) is 1.58. The molecule has 0 radical (unpaired) electrons. The van der Waals surface area contributed by atoms with Gasteiger partial charge in [0.1, 0.15) is 0 Å². The molecule has 0 bridgehead atoms. The average Bonchev–Trinajstić information content (AvgIpc) is 2.93. The standard InChI is InChI=1S/C13H19N5O/c1-4-14-13(11-8-9-15-18(11)5-2)10-6-7-12(19-3)17-16-10/h6-9,13-14H,4-5H2,1-3H3. The molecular weight excluding hydrogens is 242 g/mol. The summed E-state index contributed by atoms with van der Waals surface area (Å²) in [5.41, 5.74) is 1.95. The molecule has 0 amide bonds. The van der Waals surface area contributed by atoms with Crippen LogP contribution in [0.1, 0.15) is 31.3 Å². The summed E-state index contributed by atoms with van der Waals surface area (Å²) in [4.78, 5) is 0. The highest BCUT2D eigenvalue weighted by molar-refractivity contribution is 5.23. The van der Waals surface area contributed by atoms with Crippen molar-refractivity contribution in [1.82, 2.24) is 25.3 Å².